The van der Waals surface area contributed by atoms with Crippen molar-refractivity contribution in [1.82, 2.24) is 30.3 Å². The van der Waals surface area contributed by atoms with Gasteiger partial charge in [0.1, 0.15) is 17.6 Å². The molecular formula is C42H43BClN7O6. The van der Waals surface area contributed by atoms with E-state index in [1.54, 1.807) is 42.5 Å². The molecule has 0 spiro atoms. The van der Waals surface area contributed by atoms with E-state index in [-0.39, 0.29) is 36.7 Å². The van der Waals surface area contributed by atoms with Gasteiger partial charge >= 0.3 is 7.12 Å². The van der Waals surface area contributed by atoms with Crippen LogP contribution in [0.3, 0.4) is 0 Å². The van der Waals surface area contributed by atoms with Crippen molar-refractivity contribution in [2.45, 2.75) is 51.6 Å². The first-order valence-electron chi connectivity index (χ1n) is 19.0. The minimum Gasteiger partial charge on any atom is -0.484 e. The minimum atomic E-state index is -1.57. The normalized spacial score (nSPS) is 15.1. The van der Waals surface area contributed by atoms with E-state index in [9.17, 15) is 24.4 Å². The molecule has 3 amide bonds. The number of amides is 3. The Hall–Kier alpha value is -5.83. The molecule has 0 bridgehead atoms. The standard InChI is InChI=1S/C42H43BClN7O6/c1-3-45-38(52)23-36-41-49-48-26(2)51(41)37-16-15-34(22-35(37)40(47-36)29-9-13-33(44)14-10-29)57-25-39(53)46-24-27-5-4-6-31(21-27)28-17-19-50(20-18-28)42(54)30-7-11-32(12-8-30)43(55)56/h4-16,21-22,28,36,55-56H,3,17-20,23-25H2,1-2H3,(H,45,52)(H,46,53). The average Bonchev–Trinajstić information content (AvgIpc) is 3.55. The fraction of sp³-hybridized carbons (Fsp3) is 0.286. The van der Waals surface area contributed by atoms with E-state index in [4.69, 9.17) is 21.3 Å². The molecule has 57 heavy (non-hydrogen) atoms. The van der Waals surface area contributed by atoms with Crippen LogP contribution in [0.5, 0.6) is 5.75 Å². The van der Waals surface area contributed by atoms with Gasteiger partial charge in [-0.2, -0.15) is 0 Å². The lowest BCUT2D eigenvalue weighted by Crippen LogP contribution is -2.38. The van der Waals surface area contributed by atoms with Gasteiger partial charge < -0.3 is 30.3 Å². The van der Waals surface area contributed by atoms with Crippen LogP contribution in [0.25, 0.3) is 5.69 Å². The third kappa shape index (κ3) is 9.09. The van der Waals surface area contributed by atoms with Gasteiger partial charge in [0.15, 0.2) is 12.4 Å². The van der Waals surface area contributed by atoms with Crippen LogP contribution in [0.2, 0.25) is 5.02 Å². The SMILES string of the molecule is CCNC(=O)CC1N=C(c2ccc(Cl)cc2)c2cc(OCC(=O)NCc3cccc(C4CCN(C(=O)c5ccc(B(O)O)cc5)CC4)c3)ccc2-n2c(C)nnc21. The number of likely N-dealkylation sites (tertiary alicyclic amines) is 1. The molecular weight excluding hydrogens is 745 g/mol. The molecule has 7 rings (SSSR count). The summed E-state index contributed by atoms with van der Waals surface area (Å²) in [4.78, 5) is 45.9. The van der Waals surface area contributed by atoms with Gasteiger partial charge in [0, 0.05) is 47.9 Å². The highest BCUT2D eigenvalue weighted by molar-refractivity contribution is 6.58. The molecule has 2 aliphatic rings. The third-order valence-corrected chi connectivity index (χ3v) is 10.5. The predicted octanol–water partition coefficient (Wildman–Crippen LogP) is 4.04. The fourth-order valence-electron chi connectivity index (χ4n) is 7.34. The maximum Gasteiger partial charge on any atom is 0.488 e. The summed E-state index contributed by atoms with van der Waals surface area (Å²) >= 11 is 6.24. The molecule has 4 N–H and O–H groups in total. The first-order valence-corrected chi connectivity index (χ1v) is 19.4. The number of hydrogen-bond donors (Lipinski definition) is 4. The number of hydrogen-bond acceptors (Lipinski definition) is 9. The summed E-state index contributed by atoms with van der Waals surface area (Å²) in [5.41, 5.74) is 5.89. The number of aliphatic imine (C=N–C) groups is 1. The lowest BCUT2D eigenvalue weighted by Gasteiger charge is -2.32. The molecule has 0 aliphatic carbocycles. The van der Waals surface area contributed by atoms with Crippen LogP contribution in [0.1, 0.15) is 82.4 Å². The van der Waals surface area contributed by atoms with Gasteiger partial charge in [0.2, 0.25) is 5.91 Å². The van der Waals surface area contributed by atoms with Crippen LogP contribution in [0, 0.1) is 6.92 Å². The summed E-state index contributed by atoms with van der Waals surface area (Å²) in [6, 6.07) is 26.7. The first-order chi connectivity index (χ1) is 27.6. The smallest absolute Gasteiger partial charge is 0.484 e. The molecule has 1 unspecified atom stereocenters. The van der Waals surface area contributed by atoms with E-state index in [1.807, 2.05) is 59.7 Å². The number of carbonyl (C=O) groups is 3. The summed E-state index contributed by atoms with van der Waals surface area (Å²) in [5, 5.41) is 33.9. The van der Waals surface area contributed by atoms with E-state index in [0.29, 0.717) is 65.3 Å². The molecule has 2 aliphatic heterocycles. The maximum absolute atomic E-state index is 13.1. The summed E-state index contributed by atoms with van der Waals surface area (Å²) in [6.07, 6.45) is 1.70. The van der Waals surface area contributed by atoms with Crippen LogP contribution in [-0.2, 0) is 16.1 Å². The Kier molecular flexibility index (Phi) is 12.1. The van der Waals surface area contributed by atoms with Crippen molar-refractivity contribution >= 4 is 47.6 Å². The van der Waals surface area contributed by atoms with Crippen LogP contribution in [0.4, 0.5) is 0 Å². The zero-order valence-corrected chi connectivity index (χ0v) is 32.4. The molecule has 1 atom stereocenters. The summed E-state index contributed by atoms with van der Waals surface area (Å²) in [7, 11) is -1.57. The van der Waals surface area contributed by atoms with Crippen LogP contribution < -0.4 is 20.8 Å². The quantitative estimate of drug-likeness (QED) is 0.137. The third-order valence-electron chi connectivity index (χ3n) is 10.3. The highest BCUT2D eigenvalue weighted by atomic mass is 35.5. The van der Waals surface area contributed by atoms with Crippen molar-refractivity contribution in [2.75, 3.05) is 26.2 Å². The number of nitrogens with zero attached hydrogens (tertiary/aromatic N) is 5. The Morgan fingerprint density at radius 2 is 1.67 bits per heavy atom. The number of benzene rings is 4. The van der Waals surface area contributed by atoms with Gasteiger partial charge in [0.05, 0.1) is 17.8 Å². The van der Waals surface area contributed by atoms with E-state index in [1.165, 1.54) is 0 Å². The average molecular weight is 788 g/mol. The number of piperidine rings is 1. The van der Waals surface area contributed by atoms with Crippen LogP contribution in [0.15, 0.2) is 96.0 Å². The van der Waals surface area contributed by atoms with Crippen molar-refractivity contribution in [3.8, 4) is 11.4 Å². The maximum atomic E-state index is 13.1. The van der Waals surface area contributed by atoms with Gasteiger partial charge in [-0.05, 0) is 91.7 Å². The molecule has 292 valence electrons. The number of ether oxygens (including phenoxy) is 1. The van der Waals surface area contributed by atoms with Gasteiger partial charge in [-0.15, -0.1) is 10.2 Å². The van der Waals surface area contributed by atoms with Crippen molar-refractivity contribution in [1.29, 1.82) is 0 Å². The lowest BCUT2D eigenvalue weighted by atomic mass is 9.80. The molecule has 15 heteroatoms. The molecule has 1 saturated heterocycles. The van der Waals surface area contributed by atoms with Crippen LogP contribution >= 0.6 is 11.6 Å². The second kappa shape index (κ2) is 17.5. The zero-order valence-electron chi connectivity index (χ0n) is 31.7. The highest BCUT2D eigenvalue weighted by Gasteiger charge is 2.30. The Labute approximate surface area is 335 Å². The number of fused-ring (bicyclic) bond motifs is 3. The summed E-state index contributed by atoms with van der Waals surface area (Å²) in [5.74, 6) is 1.42. The molecule has 0 saturated carbocycles. The molecule has 5 aromatic rings. The monoisotopic (exact) mass is 787 g/mol. The Morgan fingerprint density at radius 1 is 0.912 bits per heavy atom. The lowest BCUT2D eigenvalue weighted by molar-refractivity contribution is -0.123. The second-order valence-electron chi connectivity index (χ2n) is 14.2. The van der Waals surface area contributed by atoms with Gasteiger partial charge in [-0.1, -0.05) is 60.1 Å². The summed E-state index contributed by atoms with van der Waals surface area (Å²) < 4.78 is 7.95. The Morgan fingerprint density at radius 3 is 2.39 bits per heavy atom. The number of halogens is 1. The predicted molar refractivity (Wildman–Crippen MR) is 217 cm³/mol. The zero-order chi connectivity index (χ0) is 40.1. The largest absolute Gasteiger partial charge is 0.488 e. The molecule has 3 heterocycles. The molecule has 0 radical (unpaired) electrons. The number of aryl methyl sites for hydroxylation is 1. The van der Waals surface area contributed by atoms with Gasteiger partial charge in [-0.25, -0.2) is 0 Å². The summed E-state index contributed by atoms with van der Waals surface area (Å²) in [6.45, 7) is 5.55. The molecule has 1 fully saturated rings. The van der Waals surface area contributed by atoms with Crippen molar-refractivity contribution in [2.24, 2.45) is 4.99 Å². The number of carbonyl (C=O) groups excluding carboxylic acids is 3. The molecule has 1 aromatic heterocycles. The Balaban J connectivity index is 0.996. The van der Waals surface area contributed by atoms with E-state index >= 15 is 0 Å². The number of aromatic nitrogens is 3. The van der Waals surface area contributed by atoms with E-state index in [0.717, 1.165) is 40.8 Å². The van der Waals surface area contributed by atoms with Crippen LogP contribution in [-0.4, -0.2) is 86.5 Å². The minimum absolute atomic E-state index is 0.0752. The Bertz CT molecular complexity index is 2290. The second-order valence-corrected chi connectivity index (χ2v) is 14.6. The highest BCUT2D eigenvalue weighted by Crippen LogP contribution is 2.35. The van der Waals surface area contributed by atoms with Crippen molar-refractivity contribution < 1.29 is 29.2 Å². The van der Waals surface area contributed by atoms with Crippen molar-refractivity contribution in [3.05, 3.63) is 135 Å². The van der Waals surface area contributed by atoms with Gasteiger partial charge in [-0.3, -0.25) is 23.9 Å². The number of nitrogens with one attached hydrogen (secondary N) is 2. The van der Waals surface area contributed by atoms with Crippen molar-refractivity contribution in [3.63, 3.8) is 0 Å². The van der Waals surface area contributed by atoms with E-state index in [2.05, 4.69) is 33.0 Å². The number of rotatable bonds is 12. The van der Waals surface area contributed by atoms with E-state index < -0.39 is 13.2 Å². The first kappa shape index (κ1) is 39.4. The molecule has 4 aromatic carbocycles. The van der Waals surface area contributed by atoms with Gasteiger partial charge in [0.25, 0.3) is 11.8 Å². The topological polar surface area (TPSA) is 171 Å². The molecule has 13 nitrogen and oxygen atoms in total. The fourth-order valence-corrected chi connectivity index (χ4v) is 7.46.